The van der Waals surface area contributed by atoms with Crippen molar-refractivity contribution in [1.82, 2.24) is 15.1 Å². The van der Waals surface area contributed by atoms with Gasteiger partial charge in [-0.25, -0.2) is 18.4 Å². The van der Waals surface area contributed by atoms with Crippen LogP contribution in [0.1, 0.15) is 12.8 Å². The number of sulfonamides is 1. The van der Waals surface area contributed by atoms with E-state index in [1.807, 2.05) is 21.6 Å². The van der Waals surface area contributed by atoms with Gasteiger partial charge < -0.3 is 10.2 Å². The first-order chi connectivity index (χ1) is 9.94. The van der Waals surface area contributed by atoms with Crippen molar-refractivity contribution < 1.29 is 13.2 Å². The molecule has 0 aromatic heterocycles. The van der Waals surface area contributed by atoms with Gasteiger partial charge in [0, 0.05) is 44.5 Å². The van der Waals surface area contributed by atoms with Crippen molar-refractivity contribution in [2.75, 3.05) is 50.0 Å². The smallest absolute Gasteiger partial charge is 0.317 e. The standard InChI is InChI=1S/C12H24N4O3S2/c13-21(18,19)9-7-15-3-5-16(6-4-15)12(17)14-11-2-1-8-20-10-11/h11H,1-10H2,(H,14,17)(H2,13,18,19)/t11-/m0/s1. The molecule has 0 aromatic rings. The van der Waals surface area contributed by atoms with E-state index in [1.165, 1.54) is 5.75 Å². The van der Waals surface area contributed by atoms with Gasteiger partial charge in [-0.15, -0.1) is 0 Å². The normalized spacial score (nSPS) is 24.8. The summed E-state index contributed by atoms with van der Waals surface area (Å²) in [6, 6.07) is 0.297. The molecule has 2 aliphatic rings. The third-order valence-corrected chi connectivity index (χ3v) is 5.81. The molecule has 2 saturated heterocycles. The number of nitrogens with one attached hydrogen (secondary N) is 1. The number of piperazine rings is 1. The van der Waals surface area contributed by atoms with Crippen LogP contribution in [0, 0.1) is 0 Å². The van der Waals surface area contributed by atoms with Crippen LogP contribution >= 0.6 is 11.8 Å². The number of primary sulfonamides is 1. The van der Waals surface area contributed by atoms with E-state index in [2.05, 4.69) is 5.32 Å². The van der Waals surface area contributed by atoms with Gasteiger partial charge >= 0.3 is 6.03 Å². The van der Waals surface area contributed by atoms with Crippen molar-refractivity contribution in [2.24, 2.45) is 5.14 Å². The van der Waals surface area contributed by atoms with Gasteiger partial charge in [-0.05, 0) is 18.6 Å². The summed E-state index contributed by atoms with van der Waals surface area (Å²) in [6.45, 7) is 3.10. The van der Waals surface area contributed by atoms with Crippen LogP contribution in [0.15, 0.2) is 0 Å². The first kappa shape index (κ1) is 16.9. The highest BCUT2D eigenvalue weighted by atomic mass is 32.2. The minimum Gasteiger partial charge on any atom is -0.334 e. The lowest BCUT2D eigenvalue weighted by molar-refractivity contribution is 0.141. The number of amides is 2. The Bertz CT molecular complexity index is 443. The molecule has 2 amide bonds. The van der Waals surface area contributed by atoms with Gasteiger partial charge in [0.05, 0.1) is 5.75 Å². The summed E-state index contributed by atoms with van der Waals surface area (Å²) in [7, 11) is -3.41. The van der Waals surface area contributed by atoms with E-state index in [0.717, 1.165) is 18.6 Å². The lowest BCUT2D eigenvalue weighted by Crippen LogP contribution is -2.54. The Balaban J connectivity index is 1.69. The summed E-state index contributed by atoms with van der Waals surface area (Å²) in [5.74, 6) is 2.16. The van der Waals surface area contributed by atoms with Gasteiger partial charge in [-0.1, -0.05) is 0 Å². The molecule has 9 heteroatoms. The van der Waals surface area contributed by atoms with Crippen molar-refractivity contribution >= 4 is 27.8 Å². The Morgan fingerprint density at radius 2 is 2.00 bits per heavy atom. The maximum atomic E-state index is 12.2. The van der Waals surface area contributed by atoms with Crippen LogP contribution in [0.25, 0.3) is 0 Å². The fraction of sp³-hybridized carbons (Fsp3) is 0.917. The van der Waals surface area contributed by atoms with E-state index in [9.17, 15) is 13.2 Å². The third kappa shape index (κ3) is 6.01. The number of thioether (sulfide) groups is 1. The van der Waals surface area contributed by atoms with Crippen molar-refractivity contribution in [3.05, 3.63) is 0 Å². The van der Waals surface area contributed by atoms with E-state index in [1.54, 1.807) is 0 Å². The van der Waals surface area contributed by atoms with Crippen molar-refractivity contribution in [3.63, 3.8) is 0 Å². The summed E-state index contributed by atoms with van der Waals surface area (Å²) in [5, 5.41) is 8.09. The Labute approximate surface area is 130 Å². The van der Waals surface area contributed by atoms with E-state index in [-0.39, 0.29) is 17.8 Å². The number of hydrogen-bond donors (Lipinski definition) is 2. The molecule has 21 heavy (non-hydrogen) atoms. The molecule has 0 unspecified atom stereocenters. The van der Waals surface area contributed by atoms with Crippen LogP contribution in [0.2, 0.25) is 0 Å². The average Bonchev–Trinajstić information content (AvgIpc) is 2.46. The van der Waals surface area contributed by atoms with Gasteiger partial charge in [0.15, 0.2) is 0 Å². The monoisotopic (exact) mass is 336 g/mol. The second kappa shape index (κ2) is 7.66. The number of carbonyl (C=O) groups is 1. The highest BCUT2D eigenvalue weighted by Gasteiger charge is 2.24. The van der Waals surface area contributed by atoms with Gasteiger partial charge in [-0.2, -0.15) is 11.8 Å². The molecule has 2 aliphatic heterocycles. The summed E-state index contributed by atoms with van der Waals surface area (Å²) in [5.41, 5.74) is 0. The molecular weight excluding hydrogens is 312 g/mol. The summed E-state index contributed by atoms with van der Waals surface area (Å²) in [6.07, 6.45) is 2.23. The highest BCUT2D eigenvalue weighted by Crippen LogP contribution is 2.17. The van der Waals surface area contributed by atoms with Gasteiger partial charge in [0.1, 0.15) is 0 Å². The first-order valence-electron chi connectivity index (χ1n) is 7.30. The number of hydrogen-bond acceptors (Lipinski definition) is 5. The molecule has 122 valence electrons. The molecule has 0 saturated carbocycles. The van der Waals surface area contributed by atoms with Crippen molar-refractivity contribution in [1.29, 1.82) is 0 Å². The number of nitrogens with two attached hydrogens (primary N) is 1. The number of nitrogens with zero attached hydrogens (tertiary/aromatic N) is 2. The summed E-state index contributed by atoms with van der Waals surface area (Å²) in [4.78, 5) is 16.0. The van der Waals surface area contributed by atoms with E-state index in [4.69, 9.17) is 5.14 Å². The zero-order chi connectivity index (χ0) is 15.3. The zero-order valence-electron chi connectivity index (χ0n) is 12.2. The van der Waals surface area contributed by atoms with Crippen LogP contribution < -0.4 is 10.5 Å². The lowest BCUT2D eigenvalue weighted by Gasteiger charge is -2.35. The predicted molar refractivity (Wildman–Crippen MR) is 84.9 cm³/mol. The topological polar surface area (TPSA) is 95.7 Å². The van der Waals surface area contributed by atoms with Crippen LogP contribution in [-0.4, -0.2) is 80.3 Å². The summed E-state index contributed by atoms with van der Waals surface area (Å²) < 4.78 is 21.9. The largest absolute Gasteiger partial charge is 0.334 e. The highest BCUT2D eigenvalue weighted by molar-refractivity contribution is 7.99. The van der Waals surface area contributed by atoms with Crippen LogP contribution in [-0.2, 0) is 10.0 Å². The average molecular weight is 336 g/mol. The maximum absolute atomic E-state index is 12.2. The van der Waals surface area contributed by atoms with Crippen molar-refractivity contribution in [3.8, 4) is 0 Å². The van der Waals surface area contributed by atoms with Gasteiger partial charge in [0.2, 0.25) is 10.0 Å². The fourth-order valence-electron chi connectivity index (χ4n) is 2.55. The molecule has 0 aromatic carbocycles. The van der Waals surface area contributed by atoms with E-state index < -0.39 is 10.0 Å². The molecule has 0 spiro atoms. The molecule has 0 radical (unpaired) electrons. The third-order valence-electron chi connectivity index (χ3n) is 3.84. The molecule has 2 fully saturated rings. The second-order valence-electron chi connectivity index (χ2n) is 5.56. The lowest BCUT2D eigenvalue weighted by atomic mass is 10.2. The molecule has 0 bridgehead atoms. The SMILES string of the molecule is NS(=O)(=O)CCN1CCN(C(=O)N[C@H]2CCCSC2)CC1. The Kier molecular flexibility index (Phi) is 6.15. The van der Waals surface area contributed by atoms with Crippen molar-refractivity contribution in [2.45, 2.75) is 18.9 Å². The number of carbonyl (C=O) groups excluding carboxylic acids is 1. The molecule has 7 nitrogen and oxygen atoms in total. The number of rotatable bonds is 4. The molecule has 2 rings (SSSR count). The molecule has 2 heterocycles. The van der Waals surface area contributed by atoms with Crippen LogP contribution in [0.3, 0.4) is 0 Å². The summed E-state index contributed by atoms with van der Waals surface area (Å²) >= 11 is 1.89. The molecular formula is C12H24N4O3S2. The minimum absolute atomic E-state index is 0.00796. The number of urea groups is 1. The Morgan fingerprint density at radius 1 is 1.29 bits per heavy atom. The molecule has 3 N–H and O–H groups in total. The molecule has 1 atom stereocenters. The predicted octanol–water partition coefficient (Wildman–Crippen LogP) is -0.502. The van der Waals surface area contributed by atoms with Gasteiger partial charge in [-0.3, -0.25) is 4.90 Å². The van der Waals surface area contributed by atoms with Gasteiger partial charge in [0.25, 0.3) is 0 Å². The first-order valence-corrected chi connectivity index (χ1v) is 10.2. The van der Waals surface area contributed by atoms with Crippen LogP contribution in [0.5, 0.6) is 0 Å². The maximum Gasteiger partial charge on any atom is 0.317 e. The Hall–Kier alpha value is -0.510. The minimum atomic E-state index is -3.41. The second-order valence-corrected chi connectivity index (χ2v) is 8.44. The molecule has 0 aliphatic carbocycles. The zero-order valence-corrected chi connectivity index (χ0v) is 13.8. The van der Waals surface area contributed by atoms with E-state index >= 15 is 0 Å². The fourth-order valence-corrected chi connectivity index (χ4v) is 4.14. The quantitative estimate of drug-likeness (QED) is 0.721. The Morgan fingerprint density at radius 3 is 2.57 bits per heavy atom. The van der Waals surface area contributed by atoms with E-state index in [0.29, 0.717) is 32.7 Å². The van der Waals surface area contributed by atoms with Crippen LogP contribution in [0.4, 0.5) is 4.79 Å².